The predicted molar refractivity (Wildman–Crippen MR) is 86.1 cm³/mol. The fourth-order valence-corrected chi connectivity index (χ4v) is 2.91. The van der Waals surface area contributed by atoms with E-state index in [1.165, 1.54) is 5.56 Å². The zero-order valence-corrected chi connectivity index (χ0v) is 13.3. The summed E-state index contributed by atoms with van der Waals surface area (Å²) in [5.41, 5.74) is 2.11. The first kappa shape index (κ1) is 14.6. The van der Waals surface area contributed by atoms with Crippen LogP contribution in [0.5, 0.6) is 0 Å². The molecule has 0 radical (unpaired) electrons. The maximum Gasteiger partial charge on any atom is 0.276 e. The van der Waals surface area contributed by atoms with E-state index in [0.717, 1.165) is 19.4 Å². The number of rotatable bonds is 4. The zero-order valence-electron chi connectivity index (χ0n) is 13.3. The number of carbonyl (C=O) groups excluding carboxylic acids is 1. The van der Waals surface area contributed by atoms with E-state index >= 15 is 0 Å². The molecule has 1 amide bonds. The van der Waals surface area contributed by atoms with Gasteiger partial charge in [0, 0.05) is 25.7 Å². The highest BCUT2D eigenvalue weighted by molar-refractivity contribution is 5.93. The van der Waals surface area contributed by atoms with Crippen LogP contribution in [0.1, 0.15) is 22.5 Å². The molecule has 0 bridgehead atoms. The lowest BCUT2D eigenvalue weighted by Crippen LogP contribution is -2.52. The molecular formula is C17H17N5O2. The van der Waals surface area contributed by atoms with Crippen LogP contribution in [-0.4, -0.2) is 43.5 Å². The van der Waals surface area contributed by atoms with Gasteiger partial charge in [-0.25, -0.2) is 0 Å². The molecule has 1 aromatic carbocycles. The van der Waals surface area contributed by atoms with Crippen molar-refractivity contribution in [3.63, 3.8) is 0 Å². The number of nitrogens with zero attached hydrogens (tertiary/aromatic N) is 5. The third-order valence-electron chi connectivity index (χ3n) is 4.30. The summed E-state index contributed by atoms with van der Waals surface area (Å²) in [6.07, 6.45) is 3.59. The maximum atomic E-state index is 12.6. The number of aryl methyl sites for hydroxylation is 1. The summed E-state index contributed by atoms with van der Waals surface area (Å²) in [6, 6.07) is 12.1. The number of hydrogen-bond donors (Lipinski definition) is 0. The van der Waals surface area contributed by atoms with Gasteiger partial charge < -0.3 is 9.42 Å². The molecule has 1 unspecified atom stereocenters. The Kier molecular flexibility index (Phi) is 3.60. The summed E-state index contributed by atoms with van der Waals surface area (Å²) < 4.78 is 6.82. The van der Waals surface area contributed by atoms with Crippen molar-refractivity contribution in [3.05, 3.63) is 53.9 Å². The molecule has 0 spiro atoms. The monoisotopic (exact) mass is 323 g/mol. The first-order chi connectivity index (χ1) is 11.7. The molecule has 3 aromatic rings. The van der Waals surface area contributed by atoms with Gasteiger partial charge in [0.05, 0.1) is 6.20 Å². The van der Waals surface area contributed by atoms with Crippen LogP contribution < -0.4 is 0 Å². The van der Waals surface area contributed by atoms with Crippen LogP contribution in [0.4, 0.5) is 0 Å². The summed E-state index contributed by atoms with van der Waals surface area (Å²) in [5, 5.41) is 11.7. The van der Waals surface area contributed by atoms with Gasteiger partial charge in [-0.1, -0.05) is 40.7 Å². The third kappa shape index (κ3) is 2.68. The van der Waals surface area contributed by atoms with Crippen molar-refractivity contribution in [2.24, 2.45) is 7.05 Å². The minimum absolute atomic E-state index is 0.0962. The van der Waals surface area contributed by atoms with E-state index in [2.05, 4.69) is 27.6 Å². The van der Waals surface area contributed by atoms with Crippen LogP contribution in [-0.2, 0) is 13.5 Å². The van der Waals surface area contributed by atoms with Crippen LogP contribution >= 0.6 is 0 Å². The molecule has 2 aromatic heterocycles. The van der Waals surface area contributed by atoms with E-state index in [4.69, 9.17) is 4.52 Å². The average molecular weight is 323 g/mol. The van der Waals surface area contributed by atoms with Crippen molar-refractivity contribution in [1.29, 1.82) is 0 Å². The van der Waals surface area contributed by atoms with E-state index in [-0.39, 0.29) is 11.9 Å². The first-order valence-corrected chi connectivity index (χ1v) is 7.89. The Morgan fingerprint density at radius 2 is 2.17 bits per heavy atom. The molecule has 1 aliphatic rings. The minimum atomic E-state index is -0.0962. The van der Waals surface area contributed by atoms with Crippen molar-refractivity contribution in [1.82, 2.24) is 25.1 Å². The SMILES string of the molecule is Cn1cc(-c2cc(C(=O)N3CCC3Cc3ccccc3)no2)nn1. The Morgan fingerprint density at radius 1 is 1.33 bits per heavy atom. The normalized spacial score (nSPS) is 16.9. The lowest BCUT2D eigenvalue weighted by molar-refractivity contribution is 0.0454. The number of aromatic nitrogens is 4. The van der Waals surface area contributed by atoms with Crippen molar-refractivity contribution in [3.8, 4) is 11.5 Å². The lowest BCUT2D eigenvalue weighted by atomic mass is 9.95. The number of hydrogen-bond acceptors (Lipinski definition) is 5. The summed E-state index contributed by atoms with van der Waals surface area (Å²) in [5.74, 6) is 0.354. The van der Waals surface area contributed by atoms with Gasteiger partial charge in [0.2, 0.25) is 0 Å². The standard InChI is InChI=1S/C17H17N5O2/c1-21-11-15(18-20-21)16-10-14(19-24-16)17(23)22-8-7-13(22)9-12-5-3-2-4-6-12/h2-6,10-11,13H,7-9H2,1H3. The van der Waals surface area contributed by atoms with Gasteiger partial charge in [-0.05, 0) is 18.4 Å². The second kappa shape index (κ2) is 5.92. The van der Waals surface area contributed by atoms with Crippen LogP contribution in [0, 0.1) is 0 Å². The number of benzene rings is 1. The quantitative estimate of drug-likeness (QED) is 0.733. The van der Waals surface area contributed by atoms with Crippen molar-refractivity contribution >= 4 is 5.91 Å². The number of likely N-dealkylation sites (tertiary alicyclic amines) is 1. The molecule has 3 heterocycles. The smallest absolute Gasteiger partial charge is 0.276 e. The van der Waals surface area contributed by atoms with E-state index in [0.29, 0.717) is 17.1 Å². The van der Waals surface area contributed by atoms with E-state index in [1.54, 1.807) is 24.0 Å². The van der Waals surface area contributed by atoms with Gasteiger partial charge in [-0.2, -0.15) is 0 Å². The Labute approximate surface area is 138 Å². The molecule has 122 valence electrons. The molecule has 0 N–H and O–H groups in total. The van der Waals surface area contributed by atoms with Gasteiger partial charge >= 0.3 is 0 Å². The Bertz CT molecular complexity index is 855. The maximum absolute atomic E-state index is 12.6. The molecule has 4 rings (SSSR count). The molecule has 7 heteroatoms. The average Bonchev–Trinajstić information content (AvgIpc) is 3.21. The molecule has 24 heavy (non-hydrogen) atoms. The summed E-state index contributed by atoms with van der Waals surface area (Å²) in [7, 11) is 1.77. The molecule has 1 atom stereocenters. The molecular weight excluding hydrogens is 306 g/mol. The van der Waals surface area contributed by atoms with Gasteiger partial charge in [-0.15, -0.1) is 5.10 Å². The van der Waals surface area contributed by atoms with Crippen LogP contribution in [0.2, 0.25) is 0 Å². The molecule has 0 aliphatic carbocycles. The highest BCUT2D eigenvalue weighted by atomic mass is 16.5. The minimum Gasteiger partial charge on any atom is -0.354 e. The molecule has 0 saturated carbocycles. The van der Waals surface area contributed by atoms with E-state index < -0.39 is 0 Å². The lowest BCUT2D eigenvalue weighted by Gasteiger charge is -2.40. The molecule has 1 saturated heterocycles. The molecule has 1 fully saturated rings. The van der Waals surface area contributed by atoms with Gasteiger partial charge in [-0.3, -0.25) is 9.48 Å². The van der Waals surface area contributed by atoms with Crippen molar-refractivity contribution < 1.29 is 9.32 Å². The number of amides is 1. The number of carbonyl (C=O) groups is 1. The van der Waals surface area contributed by atoms with Crippen molar-refractivity contribution in [2.45, 2.75) is 18.9 Å². The molecule has 1 aliphatic heterocycles. The Morgan fingerprint density at radius 3 is 2.83 bits per heavy atom. The van der Waals surface area contributed by atoms with Crippen LogP contribution in [0.25, 0.3) is 11.5 Å². The highest BCUT2D eigenvalue weighted by Crippen LogP contribution is 2.25. The van der Waals surface area contributed by atoms with Gasteiger partial charge in [0.1, 0.15) is 0 Å². The fraction of sp³-hybridized carbons (Fsp3) is 0.294. The van der Waals surface area contributed by atoms with Gasteiger partial charge in [0.15, 0.2) is 17.1 Å². The highest BCUT2D eigenvalue weighted by Gasteiger charge is 2.34. The van der Waals surface area contributed by atoms with Gasteiger partial charge in [0.25, 0.3) is 5.91 Å². The van der Waals surface area contributed by atoms with E-state index in [9.17, 15) is 4.79 Å². The largest absolute Gasteiger partial charge is 0.354 e. The van der Waals surface area contributed by atoms with Crippen molar-refractivity contribution in [2.75, 3.05) is 6.54 Å². The van der Waals surface area contributed by atoms with Crippen LogP contribution in [0.15, 0.2) is 47.1 Å². The second-order valence-corrected chi connectivity index (χ2v) is 5.98. The first-order valence-electron chi connectivity index (χ1n) is 7.89. The summed E-state index contributed by atoms with van der Waals surface area (Å²) >= 11 is 0. The van der Waals surface area contributed by atoms with E-state index in [1.807, 2.05) is 23.1 Å². The molecule has 7 nitrogen and oxygen atoms in total. The topological polar surface area (TPSA) is 77.0 Å². The fourth-order valence-electron chi connectivity index (χ4n) is 2.91. The predicted octanol–water partition coefficient (Wildman–Crippen LogP) is 1.93. The zero-order chi connectivity index (χ0) is 16.5. The van der Waals surface area contributed by atoms with Crippen LogP contribution in [0.3, 0.4) is 0 Å². The second-order valence-electron chi connectivity index (χ2n) is 5.98. The summed E-state index contributed by atoms with van der Waals surface area (Å²) in [6.45, 7) is 0.754. The summed E-state index contributed by atoms with van der Waals surface area (Å²) in [4.78, 5) is 14.5. The Balaban J connectivity index is 1.47. The third-order valence-corrected chi connectivity index (χ3v) is 4.30. The Hall–Kier alpha value is -2.96.